The van der Waals surface area contributed by atoms with Gasteiger partial charge in [-0.3, -0.25) is 33.8 Å². The number of aliphatic hydroxyl groups excluding tert-OH is 1. The Hall–Kier alpha value is -8.42. The number of carbonyl (C=O) groups is 7. The number of Topliss-reactive ketones (excluding diaryl/α,β-unsaturated/α-hetero) is 1. The van der Waals surface area contributed by atoms with Crippen molar-refractivity contribution in [1.82, 2.24) is 20.4 Å². The predicted molar refractivity (Wildman–Crippen MR) is 365 cm³/mol. The number of ketones is 1. The first-order valence-corrected chi connectivity index (χ1v) is 34.0. The van der Waals surface area contributed by atoms with E-state index in [1.807, 2.05) is 44.4 Å². The van der Waals surface area contributed by atoms with Crippen LogP contribution in [0, 0.1) is 11.8 Å². The van der Waals surface area contributed by atoms with Crippen LogP contribution in [0.25, 0.3) is 0 Å². The predicted octanol–water partition coefficient (Wildman–Crippen LogP) is 10.2. The summed E-state index contributed by atoms with van der Waals surface area (Å²) in [6, 6.07) is 9.70. The Kier molecular flexibility index (Phi) is 29.1. The molecule has 1 saturated carbocycles. The molecule has 5 atom stereocenters. The maximum atomic E-state index is 14.4. The van der Waals surface area contributed by atoms with Gasteiger partial charge in [0.2, 0.25) is 17.7 Å². The molecule has 4 heterocycles. The zero-order chi connectivity index (χ0) is 69.2. The highest BCUT2D eigenvalue weighted by Gasteiger charge is 2.46. The molecule has 1 fully saturated rings. The van der Waals surface area contributed by atoms with Gasteiger partial charge in [0.1, 0.15) is 24.5 Å². The van der Waals surface area contributed by atoms with Crippen molar-refractivity contribution in [1.29, 1.82) is 0 Å². The molecule has 0 bridgehead atoms. The molecule has 4 aliphatic heterocycles. The van der Waals surface area contributed by atoms with Crippen molar-refractivity contribution in [2.75, 3.05) is 90.5 Å². The molecular weight excluding hydrogens is 1250 g/mol. The molecule has 3 aromatic rings. The lowest BCUT2D eigenvalue weighted by molar-refractivity contribution is -0.132. The summed E-state index contributed by atoms with van der Waals surface area (Å²) in [6.45, 7) is 11.7. The van der Waals surface area contributed by atoms with Crippen molar-refractivity contribution in [3.05, 3.63) is 113 Å². The number of fused-ring (bicyclic) bond motifs is 4. The number of nitrogens with one attached hydrogen (secondary N) is 3. The van der Waals surface area contributed by atoms with Gasteiger partial charge in [0.25, 0.3) is 11.8 Å². The van der Waals surface area contributed by atoms with Gasteiger partial charge in [-0.25, -0.2) is 9.69 Å². The lowest BCUT2D eigenvalue weighted by atomic mass is 9.87. The van der Waals surface area contributed by atoms with Crippen LogP contribution >= 0.6 is 0 Å². The average molecular weight is 1340 g/mol. The number of methoxy groups -OCH3 is 2. The topological polar surface area (TPSA) is 281 Å². The van der Waals surface area contributed by atoms with Crippen molar-refractivity contribution < 1.29 is 81.3 Å². The van der Waals surface area contributed by atoms with Crippen LogP contribution in [0.2, 0.25) is 0 Å². The first kappa shape index (κ1) is 74.4. The van der Waals surface area contributed by atoms with Crippen LogP contribution in [0.1, 0.15) is 151 Å². The van der Waals surface area contributed by atoms with E-state index in [4.69, 9.17) is 42.6 Å². The Balaban J connectivity index is 0.757. The molecule has 5 aliphatic rings. The van der Waals surface area contributed by atoms with E-state index in [2.05, 4.69) is 20.9 Å². The third-order valence-corrected chi connectivity index (χ3v) is 17.4. The van der Waals surface area contributed by atoms with Crippen molar-refractivity contribution in [2.24, 2.45) is 16.8 Å². The van der Waals surface area contributed by atoms with Crippen LogP contribution < -0.4 is 39.8 Å². The summed E-state index contributed by atoms with van der Waals surface area (Å²) >= 11 is 0. The zero-order valence-electron chi connectivity index (χ0n) is 57.1. The van der Waals surface area contributed by atoms with Crippen LogP contribution in [0.4, 0.5) is 21.9 Å². The number of rotatable bonds is 36. The second-order valence-electron chi connectivity index (χ2n) is 25.0. The maximum Gasteiger partial charge on any atom is 0.416 e. The molecule has 0 radical (unpaired) electrons. The summed E-state index contributed by atoms with van der Waals surface area (Å²) in [5.74, 6) is -0.442. The third-order valence-electron chi connectivity index (χ3n) is 17.4. The second-order valence-corrected chi connectivity index (χ2v) is 25.0. The van der Waals surface area contributed by atoms with Gasteiger partial charge in [0.05, 0.1) is 108 Å². The number of nitrogens with zero attached hydrogens (tertiary/aromatic N) is 4. The van der Waals surface area contributed by atoms with Gasteiger partial charge in [-0.2, -0.15) is 0 Å². The van der Waals surface area contributed by atoms with Gasteiger partial charge < -0.3 is 73.5 Å². The average Bonchev–Trinajstić information content (AvgIpc) is 1.67. The fourth-order valence-electron chi connectivity index (χ4n) is 12.2. The summed E-state index contributed by atoms with van der Waals surface area (Å²) in [5.41, 5.74) is 3.61. The number of benzene rings is 3. The molecule has 1 aliphatic carbocycles. The van der Waals surface area contributed by atoms with Crippen LogP contribution in [0.5, 0.6) is 23.0 Å². The van der Waals surface area contributed by atoms with Crippen LogP contribution in [0.3, 0.4) is 0 Å². The summed E-state index contributed by atoms with van der Waals surface area (Å²) in [5, 5.41) is 20.3. The SMILES string of the molecule is C/C=C/C1=CN2C(=O)c3cc(OC)c(OCCCOc4cc5c(cc4OC)C(=O)N4C=C(/C=C/C)C[C@H]4[C@H](O)N5C(=O)OCc4ccc(NC(=O)[C@H](C)NC(=O)[C@@H](NC(=O)CCOCCOCCOCCOCCCC(=O)CC5CCCCCCC5)C(C)C)cc4)cc3N=C[C@@H]2C1. The minimum Gasteiger partial charge on any atom is -0.493 e. The van der Waals surface area contributed by atoms with Crippen LogP contribution in [0.15, 0.2) is 101 Å². The van der Waals surface area contributed by atoms with Gasteiger partial charge in [-0.15, -0.1) is 0 Å². The summed E-state index contributed by atoms with van der Waals surface area (Å²) in [6.07, 6.45) is 22.3. The first-order valence-electron chi connectivity index (χ1n) is 34.0. The van der Waals surface area contributed by atoms with Crippen molar-refractivity contribution >= 4 is 64.7 Å². The lowest BCUT2D eigenvalue weighted by Crippen LogP contribution is -2.53. The smallest absolute Gasteiger partial charge is 0.416 e. The number of anilines is 2. The van der Waals surface area contributed by atoms with E-state index in [1.165, 1.54) is 83.1 Å². The highest BCUT2D eigenvalue weighted by atomic mass is 16.6. The molecule has 0 aromatic heterocycles. The summed E-state index contributed by atoms with van der Waals surface area (Å²) in [7, 11) is 2.92. The van der Waals surface area contributed by atoms with E-state index in [0.717, 1.165) is 22.5 Å². The summed E-state index contributed by atoms with van der Waals surface area (Å²) < 4.78 is 52.0. The fourth-order valence-corrected chi connectivity index (χ4v) is 12.2. The highest BCUT2D eigenvalue weighted by Crippen LogP contribution is 2.43. The second kappa shape index (κ2) is 37.9. The monoisotopic (exact) mass is 1340 g/mol. The number of carbonyl (C=O) groups excluding carboxylic acids is 7. The molecule has 24 nitrogen and oxygen atoms in total. The van der Waals surface area contributed by atoms with Gasteiger partial charge in [-0.1, -0.05) is 95.2 Å². The van der Waals surface area contributed by atoms with Gasteiger partial charge in [0.15, 0.2) is 29.2 Å². The molecule has 526 valence electrons. The standard InChI is InChI=1S/C73H97N7O17/c1-8-17-52-37-55-44-74-59-42-64(62(89-6)40-57(59)70(85)78(55)45-52)95-28-16-29-96-65-43-60-58(41-63(65)90-7)71(86)79-46-53(18-9-2)39-61(79)72(87)80(60)73(88)97-47-51-22-24-54(25-23-51)76-68(83)49(5)75-69(84)67(48(3)4)77-66(82)26-30-92-32-34-94-36-35-93-33-31-91-27-15-21-56(81)38-50-19-13-11-10-12-14-20-50/h8-9,17-18,22-25,40-46,48-50,55,61,67,72,87H,10-16,19-21,26-39,47H2,1-7H3,(H,75,84)(H,76,83)(H,77,82)/b17-8+,18-9+/t49-,55-,61-,67-,72-/m0/s1. The van der Waals surface area contributed by atoms with E-state index in [-0.39, 0.29) is 86.5 Å². The Morgan fingerprint density at radius 1 is 0.649 bits per heavy atom. The molecule has 8 rings (SSSR count). The fraction of sp³-hybridized carbons (Fsp3) is 0.534. The molecule has 6 amide bonds. The zero-order valence-corrected chi connectivity index (χ0v) is 57.1. The molecule has 0 saturated heterocycles. The normalized spacial score (nSPS) is 18.4. The first-order chi connectivity index (χ1) is 47.0. The Bertz CT molecular complexity index is 3340. The maximum absolute atomic E-state index is 14.4. The Labute approximate surface area is 569 Å². The lowest BCUT2D eigenvalue weighted by Gasteiger charge is -2.31. The van der Waals surface area contributed by atoms with Crippen LogP contribution in [-0.4, -0.2) is 173 Å². The minimum absolute atomic E-state index is 0.00422. The number of allylic oxidation sites excluding steroid dienone is 4. The number of hydrogen-bond donors (Lipinski definition) is 4. The minimum atomic E-state index is -1.57. The summed E-state index contributed by atoms with van der Waals surface area (Å²) in [4.78, 5) is 103. The van der Waals surface area contributed by atoms with E-state index in [0.29, 0.717) is 111 Å². The van der Waals surface area contributed by atoms with Gasteiger partial charge in [-0.05, 0) is 92.8 Å². The third kappa shape index (κ3) is 21.3. The number of ether oxygens (including phenoxy) is 9. The Morgan fingerprint density at radius 3 is 1.88 bits per heavy atom. The van der Waals surface area contributed by atoms with Crippen molar-refractivity contribution in [3.63, 3.8) is 0 Å². The molecule has 0 unspecified atom stereocenters. The quantitative estimate of drug-likeness (QED) is 0.0394. The van der Waals surface area contributed by atoms with Crippen LogP contribution in [-0.2, 0) is 49.5 Å². The number of aliphatic imine (C=N–C) groups is 1. The van der Waals surface area contributed by atoms with E-state index in [1.54, 1.807) is 67.6 Å². The number of hydrogen-bond acceptors (Lipinski definition) is 18. The van der Waals surface area contributed by atoms with Crippen molar-refractivity contribution in [2.45, 2.75) is 162 Å². The molecule has 4 N–H and O–H groups in total. The van der Waals surface area contributed by atoms with E-state index >= 15 is 0 Å². The molecular formula is C73H97N7O17. The van der Waals surface area contributed by atoms with Crippen molar-refractivity contribution in [3.8, 4) is 23.0 Å². The molecule has 97 heavy (non-hydrogen) atoms. The van der Waals surface area contributed by atoms with E-state index in [9.17, 15) is 38.7 Å². The molecule has 24 heteroatoms. The largest absolute Gasteiger partial charge is 0.493 e. The molecule has 3 aromatic carbocycles. The van der Waals surface area contributed by atoms with E-state index < -0.39 is 54.1 Å². The van der Waals surface area contributed by atoms with Gasteiger partial charge >= 0.3 is 6.09 Å². The number of aliphatic hydroxyl groups is 1. The Morgan fingerprint density at radius 2 is 1.24 bits per heavy atom. The number of amides is 6. The van der Waals surface area contributed by atoms with Gasteiger partial charge in [0, 0.05) is 68.7 Å². The molecule has 0 spiro atoms. The highest BCUT2D eigenvalue weighted by molar-refractivity contribution is 6.07.